The SMILES string of the molecule is CCCCC1=Nc2ccccc2SN1. The Morgan fingerprint density at radius 1 is 1.36 bits per heavy atom. The van der Waals surface area contributed by atoms with Gasteiger partial charge in [-0.15, -0.1) is 0 Å². The standard InChI is InChI=1S/C11H14N2S/c1-2-3-8-11-12-9-6-4-5-7-10(9)14-13-11/h4-7H,2-3,8H2,1H3,(H,12,13). The minimum atomic E-state index is 1.05. The molecular weight excluding hydrogens is 192 g/mol. The summed E-state index contributed by atoms with van der Waals surface area (Å²) in [4.78, 5) is 5.78. The van der Waals surface area contributed by atoms with Crippen molar-refractivity contribution in [3.05, 3.63) is 24.3 Å². The number of para-hydroxylation sites is 1. The van der Waals surface area contributed by atoms with E-state index in [-0.39, 0.29) is 0 Å². The first kappa shape index (κ1) is 9.59. The molecule has 0 amide bonds. The Morgan fingerprint density at radius 3 is 3.07 bits per heavy atom. The summed E-state index contributed by atoms with van der Waals surface area (Å²) in [6.45, 7) is 2.20. The second-order valence-electron chi connectivity index (χ2n) is 3.33. The van der Waals surface area contributed by atoms with Gasteiger partial charge in [0.05, 0.1) is 10.6 Å². The third-order valence-electron chi connectivity index (χ3n) is 2.17. The summed E-state index contributed by atoms with van der Waals surface area (Å²) in [7, 11) is 0. The van der Waals surface area contributed by atoms with Crippen molar-refractivity contribution < 1.29 is 0 Å². The van der Waals surface area contributed by atoms with E-state index in [4.69, 9.17) is 0 Å². The maximum Gasteiger partial charge on any atom is 0.112 e. The summed E-state index contributed by atoms with van der Waals surface area (Å²) in [5.41, 5.74) is 1.10. The molecular formula is C11H14N2S. The molecule has 0 atom stereocenters. The Kier molecular flexibility index (Phi) is 3.09. The lowest BCUT2D eigenvalue weighted by Gasteiger charge is -2.15. The van der Waals surface area contributed by atoms with E-state index in [9.17, 15) is 0 Å². The second-order valence-corrected chi connectivity index (χ2v) is 4.18. The van der Waals surface area contributed by atoms with Crippen LogP contribution in [-0.4, -0.2) is 5.84 Å². The summed E-state index contributed by atoms with van der Waals surface area (Å²) < 4.78 is 3.28. The smallest absolute Gasteiger partial charge is 0.112 e. The van der Waals surface area contributed by atoms with Crippen molar-refractivity contribution in [2.24, 2.45) is 4.99 Å². The van der Waals surface area contributed by atoms with E-state index in [2.05, 4.69) is 28.8 Å². The third kappa shape index (κ3) is 2.10. The van der Waals surface area contributed by atoms with E-state index in [1.165, 1.54) is 17.7 Å². The largest absolute Gasteiger partial charge is 0.314 e. The molecule has 0 saturated heterocycles. The van der Waals surface area contributed by atoms with Gasteiger partial charge in [0.1, 0.15) is 5.84 Å². The molecule has 1 aliphatic rings. The first-order valence-electron chi connectivity index (χ1n) is 4.99. The number of nitrogens with one attached hydrogen (secondary N) is 1. The zero-order chi connectivity index (χ0) is 9.80. The van der Waals surface area contributed by atoms with Crippen LogP contribution in [0.3, 0.4) is 0 Å². The van der Waals surface area contributed by atoms with E-state index in [0.29, 0.717) is 0 Å². The Hall–Kier alpha value is -0.960. The highest BCUT2D eigenvalue weighted by Gasteiger charge is 2.10. The first-order chi connectivity index (χ1) is 6.90. The molecule has 1 heterocycles. The fourth-order valence-corrected chi connectivity index (χ4v) is 2.11. The number of rotatable bonds is 3. The van der Waals surface area contributed by atoms with Crippen molar-refractivity contribution in [3.63, 3.8) is 0 Å². The van der Waals surface area contributed by atoms with Gasteiger partial charge in [-0.2, -0.15) is 0 Å². The Balaban J connectivity index is 2.14. The number of nitrogens with zero attached hydrogens (tertiary/aromatic N) is 1. The van der Waals surface area contributed by atoms with Crippen LogP contribution in [0.2, 0.25) is 0 Å². The summed E-state index contributed by atoms with van der Waals surface area (Å²) in [6, 6.07) is 8.23. The van der Waals surface area contributed by atoms with Crippen LogP contribution in [0.25, 0.3) is 0 Å². The van der Waals surface area contributed by atoms with Crippen LogP contribution in [0.5, 0.6) is 0 Å². The van der Waals surface area contributed by atoms with Crippen LogP contribution in [0, 0.1) is 0 Å². The van der Waals surface area contributed by atoms with Gasteiger partial charge in [-0.05, 0) is 30.5 Å². The number of hydrogen-bond acceptors (Lipinski definition) is 3. The van der Waals surface area contributed by atoms with Gasteiger partial charge in [0.15, 0.2) is 0 Å². The normalized spacial score (nSPS) is 14.2. The molecule has 0 aromatic heterocycles. The monoisotopic (exact) mass is 206 g/mol. The van der Waals surface area contributed by atoms with Gasteiger partial charge in [-0.3, -0.25) is 0 Å². The van der Waals surface area contributed by atoms with Gasteiger partial charge in [-0.1, -0.05) is 25.5 Å². The average Bonchev–Trinajstić information content (AvgIpc) is 2.26. The topological polar surface area (TPSA) is 24.4 Å². The van der Waals surface area contributed by atoms with Crippen LogP contribution < -0.4 is 4.72 Å². The zero-order valence-corrected chi connectivity index (χ0v) is 9.10. The molecule has 3 heteroatoms. The molecule has 1 aromatic rings. The van der Waals surface area contributed by atoms with Gasteiger partial charge < -0.3 is 4.72 Å². The molecule has 74 valence electrons. The van der Waals surface area contributed by atoms with Crippen LogP contribution in [0.15, 0.2) is 34.2 Å². The van der Waals surface area contributed by atoms with Gasteiger partial charge >= 0.3 is 0 Å². The Bertz CT molecular complexity index is 347. The maximum atomic E-state index is 4.57. The van der Waals surface area contributed by atoms with E-state index in [1.807, 2.05) is 12.1 Å². The third-order valence-corrected chi connectivity index (χ3v) is 3.07. The van der Waals surface area contributed by atoms with Crippen LogP contribution in [0.1, 0.15) is 26.2 Å². The van der Waals surface area contributed by atoms with Gasteiger partial charge in [0, 0.05) is 6.42 Å². The molecule has 2 nitrogen and oxygen atoms in total. The highest BCUT2D eigenvalue weighted by Crippen LogP contribution is 2.31. The first-order valence-corrected chi connectivity index (χ1v) is 5.81. The fourth-order valence-electron chi connectivity index (χ4n) is 1.37. The molecule has 0 aliphatic carbocycles. The van der Waals surface area contributed by atoms with E-state index in [0.717, 1.165) is 17.9 Å². The van der Waals surface area contributed by atoms with Crippen molar-refractivity contribution in [2.45, 2.75) is 31.1 Å². The van der Waals surface area contributed by atoms with Crippen molar-refractivity contribution in [1.29, 1.82) is 0 Å². The number of unbranched alkanes of at least 4 members (excludes halogenated alkanes) is 1. The highest BCUT2D eigenvalue weighted by atomic mass is 32.2. The number of hydrogen-bond donors (Lipinski definition) is 1. The van der Waals surface area contributed by atoms with Gasteiger partial charge in [0.2, 0.25) is 0 Å². The lowest BCUT2D eigenvalue weighted by Crippen LogP contribution is -2.17. The van der Waals surface area contributed by atoms with Crippen molar-refractivity contribution >= 4 is 23.5 Å². The maximum absolute atomic E-state index is 4.57. The quantitative estimate of drug-likeness (QED) is 0.765. The molecule has 0 spiro atoms. The fraction of sp³-hybridized carbons (Fsp3) is 0.364. The minimum Gasteiger partial charge on any atom is -0.314 e. The minimum absolute atomic E-state index is 1.05. The number of benzene rings is 1. The lowest BCUT2D eigenvalue weighted by molar-refractivity contribution is 0.827. The van der Waals surface area contributed by atoms with Gasteiger partial charge in [0.25, 0.3) is 0 Å². The van der Waals surface area contributed by atoms with Gasteiger partial charge in [-0.25, -0.2) is 4.99 Å². The van der Waals surface area contributed by atoms with E-state index in [1.54, 1.807) is 11.9 Å². The molecule has 0 unspecified atom stereocenters. The molecule has 1 N–H and O–H groups in total. The predicted molar refractivity (Wildman–Crippen MR) is 62.1 cm³/mol. The molecule has 1 aromatic carbocycles. The summed E-state index contributed by atoms with van der Waals surface area (Å²) in [6.07, 6.45) is 3.47. The number of aliphatic imine (C=N–C) groups is 1. The number of amidine groups is 1. The molecule has 0 fully saturated rings. The molecule has 0 radical (unpaired) electrons. The summed E-state index contributed by atoms with van der Waals surface area (Å²) in [5, 5.41) is 0. The summed E-state index contributed by atoms with van der Waals surface area (Å²) in [5.74, 6) is 1.11. The van der Waals surface area contributed by atoms with Crippen molar-refractivity contribution in [3.8, 4) is 0 Å². The van der Waals surface area contributed by atoms with Crippen LogP contribution in [0.4, 0.5) is 5.69 Å². The van der Waals surface area contributed by atoms with Crippen molar-refractivity contribution in [1.82, 2.24) is 4.72 Å². The Morgan fingerprint density at radius 2 is 2.21 bits per heavy atom. The zero-order valence-electron chi connectivity index (χ0n) is 8.29. The van der Waals surface area contributed by atoms with Crippen molar-refractivity contribution in [2.75, 3.05) is 0 Å². The van der Waals surface area contributed by atoms with E-state index >= 15 is 0 Å². The Labute approximate surface area is 89.0 Å². The van der Waals surface area contributed by atoms with Crippen LogP contribution >= 0.6 is 11.9 Å². The predicted octanol–water partition coefficient (Wildman–Crippen LogP) is 3.52. The highest BCUT2D eigenvalue weighted by molar-refractivity contribution is 7.98. The second kappa shape index (κ2) is 4.51. The van der Waals surface area contributed by atoms with Crippen LogP contribution in [-0.2, 0) is 0 Å². The van der Waals surface area contributed by atoms with E-state index < -0.39 is 0 Å². The molecule has 0 saturated carbocycles. The average molecular weight is 206 g/mol. The molecule has 14 heavy (non-hydrogen) atoms. The molecule has 1 aliphatic heterocycles. The molecule has 2 rings (SSSR count). The number of fused-ring (bicyclic) bond motifs is 1. The lowest BCUT2D eigenvalue weighted by atomic mass is 10.2. The summed E-state index contributed by atoms with van der Waals surface area (Å²) >= 11 is 1.67. The molecule has 0 bridgehead atoms.